The Bertz CT molecular complexity index is 992. The van der Waals surface area contributed by atoms with Gasteiger partial charge in [0.15, 0.2) is 17.3 Å². The van der Waals surface area contributed by atoms with E-state index in [1.165, 1.54) is 11.8 Å². The predicted octanol–water partition coefficient (Wildman–Crippen LogP) is 3.81. The lowest BCUT2D eigenvalue weighted by molar-refractivity contribution is 0.0786. The van der Waals surface area contributed by atoms with Crippen molar-refractivity contribution >= 4 is 29.0 Å². The van der Waals surface area contributed by atoms with Crippen LogP contribution in [0.2, 0.25) is 0 Å². The molecule has 3 aromatic rings. The van der Waals surface area contributed by atoms with Crippen molar-refractivity contribution in [1.82, 2.24) is 15.3 Å². The maximum atomic E-state index is 12.8. The molecule has 1 N–H and O–H groups in total. The number of amides is 1. The van der Waals surface area contributed by atoms with Crippen LogP contribution in [0.1, 0.15) is 16.1 Å². The van der Waals surface area contributed by atoms with Gasteiger partial charge >= 0.3 is 0 Å². The minimum atomic E-state index is -0.247. The molecule has 0 fully saturated rings. The fourth-order valence-electron chi connectivity index (χ4n) is 2.93. The number of carbonyl (C=O) groups is 1. The molecule has 0 unspecified atom stereocenters. The van der Waals surface area contributed by atoms with E-state index in [2.05, 4.69) is 15.3 Å². The van der Waals surface area contributed by atoms with Crippen LogP contribution in [0.4, 0.5) is 0 Å². The molecule has 1 amide bonds. The first-order chi connectivity index (χ1) is 13.7. The van der Waals surface area contributed by atoms with Crippen LogP contribution in [-0.2, 0) is 0 Å². The third-order valence-corrected chi connectivity index (χ3v) is 5.82. The molecule has 1 aromatic carbocycles. The first-order valence-corrected chi connectivity index (χ1v) is 10.9. The predicted molar refractivity (Wildman–Crippen MR) is 111 cm³/mol. The highest BCUT2D eigenvalue weighted by molar-refractivity contribution is 7.98. The topological polar surface area (TPSA) is 73.3 Å². The molecule has 0 aliphatic carbocycles. The largest absolute Gasteiger partial charge is 0.486 e. The van der Waals surface area contributed by atoms with Gasteiger partial charge in [0.05, 0.1) is 22.7 Å². The molecular weight excluding hydrogens is 394 g/mol. The van der Waals surface area contributed by atoms with Crippen molar-refractivity contribution in [2.45, 2.75) is 18.1 Å². The zero-order chi connectivity index (χ0) is 19.5. The Morgan fingerprint density at radius 3 is 2.82 bits per heavy atom. The number of aryl methyl sites for hydroxylation is 1. The van der Waals surface area contributed by atoms with Gasteiger partial charge in [0.1, 0.15) is 17.7 Å². The first kappa shape index (κ1) is 18.8. The quantitative estimate of drug-likeness (QED) is 0.507. The molecule has 0 radical (unpaired) electrons. The highest BCUT2D eigenvalue weighted by atomic mass is 32.2. The van der Waals surface area contributed by atoms with E-state index in [1.807, 2.05) is 55.0 Å². The average molecular weight is 414 g/mol. The Morgan fingerprint density at radius 2 is 2.07 bits per heavy atom. The number of nitrogens with zero attached hydrogens (tertiary/aromatic N) is 2. The molecule has 8 heteroatoms. The highest BCUT2D eigenvalue weighted by Crippen LogP contribution is 2.31. The van der Waals surface area contributed by atoms with Gasteiger partial charge in [0.2, 0.25) is 0 Å². The molecule has 28 heavy (non-hydrogen) atoms. The molecule has 1 aliphatic heterocycles. The van der Waals surface area contributed by atoms with Gasteiger partial charge in [-0.1, -0.05) is 18.2 Å². The third-order valence-electron chi connectivity index (χ3n) is 4.28. The average Bonchev–Trinajstić information content (AvgIpc) is 3.26. The molecule has 2 aromatic heterocycles. The standard InChI is InChI=1S/C20H19N3O3S2/c1-12-17(20(27-2)23-18(22-12)16-8-5-9-28-16)19(24)21-10-13-11-25-14-6-3-4-7-15(14)26-13/h3-9,13H,10-11H2,1-2H3,(H,21,24)/t13-/m0/s1. The normalized spacial score (nSPS) is 15.3. The number of ether oxygens (including phenoxy) is 2. The van der Waals surface area contributed by atoms with Crippen molar-refractivity contribution < 1.29 is 14.3 Å². The smallest absolute Gasteiger partial charge is 0.256 e. The fourth-order valence-corrected chi connectivity index (χ4v) is 4.21. The third kappa shape index (κ3) is 3.83. The van der Waals surface area contributed by atoms with Crippen molar-refractivity contribution in [3.05, 3.63) is 53.0 Å². The van der Waals surface area contributed by atoms with E-state index in [9.17, 15) is 4.79 Å². The van der Waals surface area contributed by atoms with Gasteiger partial charge < -0.3 is 14.8 Å². The molecule has 0 bridgehead atoms. The number of hydrogen-bond acceptors (Lipinski definition) is 7. The molecule has 1 aliphatic rings. The Morgan fingerprint density at radius 1 is 1.25 bits per heavy atom. The van der Waals surface area contributed by atoms with Crippen molar-refractivity contribution in [2.75, 3.05) is 19.4 Å². The number of hydrogen-bond donors (Lipinski definition) is 1. The second-order valence-corrected chi connectivity index (χ2v) is 7.94. The summed E-state index contributed by atoms with van der Waals surface area (Å²) in [5, 5.41) is 5.58. The lowest BCUT2D eigenvalue weighted by Crippen LogP contribution is -2.41. The summed E-state index contributed by atoms with van der Waals surface area (Å²) in [5.41, 5.74) is 1.16. The summed E-state index contributed by atoms with van der Waals surface area (Å²) in [6, 6.07) is 11.5. The summed E-state index contributed by atoms with van der Waals surface area (Å²) in [4.78, 5) is 22.9. The van der Waals surface area contributed by atoms with Crippen LogP contribution in [0.3, 0.4) is 0 Å². The number of benzene rings is 1. The van der Waals surface area contributed by atoms with E-state index in [0.717, 1.165) is 10.6 Å². The van der Waals surface area contributed by atoms with Crippen molar-refractivity contribution in [2.24, 2.45) is 0 Å². The van der Waals surface area contributed by atoms with Crippen molar-refractivity contribution in [3.8, 4) is 22.2 Å². The molecule has 144 valence electrons. The Kier molecular flexibility index (Phi) is 5.50. The lowest BCUT2D eigenvalue weighted by atomic mass is 10.2. The number of thiophene rings is 1. The minimum Gasteiger partial charge on any atom is -0.486 e. The van der Waals surface area contributed by atoms with Crippen LogP contribution < -0.4 is 14.8 Å². The summed E-state index contributed by atoms with van der Waals surface area (Å²) in [6.45, 7) is 2.57. The van der Waals surface area contributed by atoms with E-state index in [0.29, 0.717) is 41.0 Å². The molecule has 6 nitrogen and oxygen atoms in total. The molecular formula is C20H19N3O3S2. The fraction of sp³-hybridized carbons (Fsp3) is 0.250. The highest BCUT2D eigenvalue weighted by Gasteiger charge is 2.24. The van der Waals surface area contributed by atoms with Gasteiger partial charge in [0.25, 0.3) is 5.91 Å². The number of nitrogens with one attached hydrogen (secondary N) is 1. The molecule has 0 spiro atoms. The number of fused-ring (bicyclic) bond motifs is 1. The van der Waals surface area contributed by atoms with Crippen LogP contribution in [-0.4, -0.2) is 41.4 Å². The monoisotopic (exact) mass is 413 g/mol. The van der Waals surface area contributed by atoms with Crippen molar-refractivity contribution in [3.63, 3.8) is 0 Å². The number of aromatic nitrogens is 2. The summed E-state index contributed by atoms with van der Waals surface area (Å²) in [5.74, 6) is 1.86. The number of thioether (sulfide) groups is 1. The minimum absolute atomic E-state index is 0.206. The SMILES string of the molecule is CSc1nc(-c2cccs2)nc(C)c1C(=O)NC[C@H]1COc2ccccc2O1. The number of carbonyl (C=O) groups excluding carboxylic acids is 1. The van der Waals surface area contributed by atoms with Crippen LogP contribution in [0.15, 0.2) is 46.8 Å². The molecule has 1 atom stereocenters. The van der Waals surface area contributed by atoms with E-state index in [-0.39, 0.29) is 12.0 Å². The summed E-state index contributed by atoms with van der Waals surface area (Å²) in [7, 11) is 0. The molecule has 0 saturated heterocycles. The second kappa shape index (κ2) is 8.20. The Hall–Kier alpha value is -2.58. The lowest BCUT2D eigenvalue weighted by Gasteiger charge is -2.26. The van der Waals surface area contributed by atoms with E-state index in [4.69, 9.17) is 9.47 Å². The van der Waals surface area contributed by atoms with Gasteiger partial charge in [-0.2, -0.15) is 0 Å². The number of rotatable bonds is 5. The van der Waals surface area contributed by atoms with Gasteiger partial charge in [-0.3, -0.25) is 4.79 Å². The van der Waals surface area contributed by atoms with Gasteiger partial charge in [-0.05, 0) is 36.8 Å². The Labute approximate surface area is 171 Å². The van der Waals surface area contributed by atoms with Crippen LogP contribution >= 0.6 is 23.1 Å². The van der Waals surface area contributed by atoms with Gasteiger partial charge in [-0.15, -0.1) is 23.1 Å². The molecule has 0 saturated carbocycles. The van der Waals surface area contributed by atoms with Crippen LogP contribution in [0.5, 0.6) is 11.5 Å². The van der Waals surface area contributed by atoms with E-state index < -0.39 is 0 Å². The maximum absolute atomic E-state index is 12.8. The zero-order valence-corrected chi connectivity index (χ0v) is 17.1. The Balaban J connectivity index is 1.48. The second-order valence-electron chi connectivity index (χ2n) is 6.20. The van der Waals surface area contributed by atoms with Crippen molar-refractivity contribution in [1.29, 1.82) is 0 Å². The molecule has 4 rings (SSSR count). The first-order valence-electron chi connectivity index (χ1n) is 8.79. The summed E-state index contributed by atoms with van der Waals surface area (Å²) in [6.07, 6.45) is 1.66. The molecule has 3 heterocycles. The van der Waals surface area contributed by atoms with Crippen LogP contribution in [0, 0.1) is 6.92 Å². The van der Waals surface area contributed by atoms with E-state index >= 15 is 0 Å². The maximum Gasteiger partial charge on any atom is 0.256 e. The van der Waals surface area contributed by atoms with E-state index in [1.54, 1.807) is 11.3 Å². The van der Waals surface area contributed by atoms with Gasteiger partial charge in [-0.25, -0.2) is 9.97 Å². The van der Waals surface area contributed by atoms with Crippen LogP contribution in [0.25, 0.3) is 10.7 Å². The van der Waals surface area contributed by atoms with Gasteiger partial charge in [0, 0.05) is 0 Å². The summed E-state index contributed by atoms with van der Waals surface area (Å²) >= 11 is 3.01. The number of para-hydroxylation sites is 2. The summed E-state index contributed by atoms with van der Waals surface area (Å²) < 4.78 is 11.6. The zero-order valence-electron chi connectivity index (χ0n) is 15.5.